The molecule has 0 amide bonds. The van der Waals surface area contributed by atoms with Crippen molar-refractivity contribution in [2.24, 2.45) is 5.10 Å². The third kappa shape index (κ3) is 5.57. The number of hydrogen-bond acceptors (Lipinski definition) is 3. The Kier molecular flexibility index (Phi) is 5.93. The molecular weight excluding hydrogens is 372 g/mol. The molecule has 0 spiro atoms. The molecule has 3 nitrogen and oxygen atoms in total. The molecule has 0 radical (unpaired) electrons. The molecule has 0 bridgehead atoms. The van der Waals surface area contributed by atoms with Crippen molar-refractivity contribution >= 4 is 11.9 Å². The lowest BCUT2D eigenvalue weighted by molar-refractivity contribution is -0.137. The lowest BCUT2D eigenvalue weighted by Crippen LogP contribution is -2.04. The van der Waals surface area contributed by atoms with Crippen LogP contribution in [0.5, 0.6) is 5.75 Å². The number of hydrogen-bond donors (Lipinski definition) is 1. The Labute approximate surface area is 159 Å². The van der Waals surface area contributed by atoms with E-state index in [1.165, 1.54) is 30.5 Å². The van der Waals surface area contributed by atoms with Gasteiger partial charge in [-0.1, -0.05) is 24.3 Å². The van der Waals surface area contributed by atoms with Crippen molar-refractivity contribution in [1.82, 2.24) is 0 Å². The van der Waals surface area contributed by atoms with Crippen LogP contribution in [0.3, 0.4) is 0 Å². The summed E-state index contributed by atoms with van der Waals surface area (Å²) in [5, 5.41) is 4.02. The Bertz CT molecular complexity index is 936. The summed E-state index contributed by atoms with van der Waals surface area (Å²) in [7, 11) is 0. The molecule has 28 heavy (non-hydrogen) atoms. The van der Waals surface area contributed by atoms with Crippen molar-refractivity contribution in [3.8, 4) is 5.75 Å². The van der Waals surface area contributed by atoms with Crippen LogP contribution in [-0.2, 0) is 12.8 Å². The van der Waals surface area contributed by atoms with Gasteiger partial charge in [-0.3, -0.25) is 5.43 Å². The first kappa shape index (κ1) is 19.4. The molecule has 0 heterocycles. The Morgan fingerprint density at radius 2 is 1.64 bits per heavy atom. The fourth-order valence-electron chi connectivity index (χ4n) is 2.35. The molecule has 0 aromatic heterocycles. The van der Waals surface area contributed by atoms with Gasteiger partial charge in [0.1, 0.15) is 18.2 Å². The van der Waals surface area contributed by atoms with Crippen molar-refractivity contribution < 1.29 is 22.3 Å². The number of halogens is 4. The van der Waals surface area contributed by atoms with Gasteiger partial charge in [0.25, 0.3) is 0 Å². The van der Waals surface area contributed by atoms with Crippen molar-refractivity contribution in [3.05, 3.63) is 95.3 Å². The lowest BCUT2D eigenvalue weighted by atomic mass is 10.2. The van der Waals surface area contributed by atoms with E-state index in [1.54, 1.807) is 30.3 Å². The normalized spacial score (nSPS) is 11.6. The molecule has 0 saturated carbocycles. The second-order valence-corrected chi connectivity index (χ2v) is 5.93. The van der Waals surface area contributed by atoms with Crippen LogP contribution in [0.4, 0.5) is 23.2 Å². The van der Waals surface area contributed by atoms with E-state index < -0.39 is 11.7 Å². The molecule has 0 aliphatic rings. The average Bonchev–Trinajstić information content (AvgIpc) is 2.68. The summed E-state index contributed by atoms with van der Waals surface area (Å²) in [6.07, 6.45) is -2.83. The first-order valence-corrected chi connectivity index (χ1v) is 8.34. The third-order valence-electron chi connectivity index (χ3n) is 3.80. The minimum atomic E-state index is -4.36. The largest absolute Gasteiger partial charge is 0.489 e. The molecule has 0 aliphatic heterocycles. The Morgan fingerprint density at radius 1 is 0.929 bits per heavy atom. The number of ether oxygens (including phenoxy) is 1. The minimum Gasteiger partial charge on any atom is -0.489 e. The first-order valence-electron chi connectivity index (χ1n) is 8.34. The second kappa shape index (κ2) is 8.56. The van der Waals surface area contributed by atoms with E-state index >= 15 is 0 Å². The van der Waals surface area contributed by atoms with E-state index in [4.69, 9.17) is 4.74 Å². The molecule has 3 aromatic rings. The van der Waals surface area contributed by atoms with Gasteiger partial charge in [-0.15, -0.1) is 0 Å². The van der Waals surface area contributed by atoms with E-state index in [0.717, 1.165) is 23.3 Å². The maximum atomic E-state index is 12.9. The van der Waals surface area contributed by atoms with Crippen molar-refractivity contribution in [3.63, 3.8) is 0 Å². The number of hydrazone groups is 1. The predicted octanol–water partition coefficient (Wildman–Crippen LogP) is 5.87. The van der Waals surface area contributed by atoms with Gasteiger partial charge in [-0.2, -0.15) is 18.3 Å². The minimum absolute atomic E-state index is 0.296. The topological polar surface area (TPSA) is 33.6 Å². The maximum absolute atomic E-state index is 12.9. The number of rotatable bonds is 6. The molecule has 0 unspecified atom stereocenters. The molecule has 0 saturated heterocycles. The monoisotopic (exact) mass is 388 g/mol. The van der Waals surface area contributed by atoms with E-state index in [0.29, 0.717) is 18.0 Å². The van der Waals surface area contributed by atoms with Crippen LogP contribution >= 0.6 is 0 Å². The summed E-state index contributed by atoms with van der Waals surface area (Å²) in [6, 6.07) is 17.8. The highest BCUT2D eigenvalue weighted by Gasteiger charge is 2.29. The Morgan fingerprint density at radius 3 is 2.32 bits per heavy atom. The molecule has 0 atom stereocenters. The van der Waals surface area contributed by atoms with Gasteiger partial charge in [-0.25, -0.2) is 4.39 Å². The fourth-order valence-corrected chi connectivity index (χ4v) is 2.35. The molecule has 3 rings (SSSR count). The molecule has 3 aromatic carbocycles. The van der Waals surface area contributed by atoms with Gasteiger partial charge in [0.05, 0.1) is 17.5 Å². The zero-order valence-corrected chi connectivity index (χ0v) is 14.6. The SMILES string of the molecule is Fc1ccc(COc2cccc(/C=N/Nc3ccc(C(F)(F)F)cc3)c2)cc1. The zero-order chi connectivity index (χ0) is 20.0. The smallest absolute Gasteiger partial charge is 0.416 e. The van der Waals surface area contributed by atoms with Gasteiger partial charge in [0.15, 0.2) is 0 Å². The van der Waals surface area contributed by atoms with Gasteiger partial charge in [0, 0.05) is 0 Å². The number of nitrogens with one attached hydrogen (secondary N) is 1. The van der Waals surface area contributed by atoms with Gasteiger partial charge in [0.2, 0.25) is 0 Å². The van der Waals surface area contributed by atoms with Crippen LogP contribution in [-0.4, -0.2) is 6.21 Å². The molecule has 0 fully saturated rings. The van der Waals surface area contributed by atoms with Crippen LogP contribution < -0.4 is 10.2 Å². The lowest BCUT2D eigenvalue weighted by Gasteiger charge is -2.07. The standard InChI is InChI=1S/C21H16F4N2O/c22-18-8-4-15(5-9-18)14-28-20-3-1-2-16(12-20)13-26-27-19-10-6-17(7-11-19)21(23,24)25/h1-13,27H,14H2/b26-13+. The Balaban J connectivity index is 1.57. The molecule has 7 heteroatoms. The van der Waals surface area contributed by atoms with Crippen molar-refractivity contribution in [1.29, 1.82) is 0 Å². The zero-order valence-electron chi connectivity index (χ0n) is 14.6. The molecule has 0 aliphatic carbocycles. The van der Waals surface area contributed by atoms with E-state index in [1.807, 2.05) is 6.07 Å². The highest BCUT2D eigenvalue weighted by atomic mass is 19.4. The van der Waals surface area contributed by atoms with Crippen LogP contribution in [0.1, 0.15) is 16.7 Å². The predicted molar refractivity (Wildman–Crippen MR) is 99.8 cm³/mol. The summed E-state index contributed by atoms with van der Waals surface area (Å²) in [5.74, 6) is 0.310. The van der Waals surface area contributed by atoms with Crippen LogP contribution in [0.15, 0.2) is 77.9 Å². The Hall–Kier alpha value is -3.35. The highest BCUT2D eigenvalue weighted by Crippen LogP contribution is 2.29. The maximum Gasteiger partial charge on any atom is 0.416 e. The number of nitrogens with zero attached hydrogens (tertiary/aromatic N) is 1. The van der Waals surface area contributed by atoms with E-state index in [-0.39, 0.29) is 5.82 Å². The first-order chi connectivity index (χ1) is 13.4. The quantitative estimate of drug-likeness (QED) is 0.326. The number of anilines is 1. The van der Waals surface area contributed by atoms with E-state index in [9.17, 15) is 17.6 Å². The number of alkyl halides is 3. The number of benzene rings is 3. The van der Waals surface area contributed by atoms with Gasteiger partial charge >= 0.3 is 6.18 Å². The fraction of sp³-hybridized carbons (Fsp3) is 0.0952. The second-order valence-electron chi connectivity index (χ2n) is 5.93. The summed E-state index contributed by atoms with van der Waals surface area (Å²) in [6.45, 7) is 0.296. The van der Waals surface area contributed by atoms with Crippen LogP contribution in [0.2, 0.25) is 0 Å². The van der Waals surface area contributed by atoms with E-state index in [2.05, 4.69) is 10.5 Å². The van der Waals surface area contributed by atoms with Gasteiger partial charge in [-0.05, 0) is 59.7 Å². The molecular formula is C21H16F4N2O. The summed E-state index contributed by atoms with van der Waals surface area (Å²) in [5.41, 5.74) is 3.99. The van der Waals surface area contributed by atoms with Crippen molar-refractivity contribution in [2.45, 2.75) is 12.8 Å². The summed E-state index contributed by atoms with van der Waals surface area (Å²) >= 11 is 0. The van der Waals surface area contributed by atoms with Crippen LogP contribution in [0.25, 0.3) is 0 Å². The molecule has 1 N–H and O–H groups in total. The summed E-state index contributed by atoms with van der Waals surface area (Å²) < 4.78 is 56.2. The third-order valence-corrected chi connectivity index (χ3v) is 3.80. The highest BCUT2D eigenvalue weighted by molar-refractivity contribution is 5.80. The van der Waals surface area contributed by atoms with Gasteiger partial charge < -0.3 is 4.74 Å². The molecule has 144 valence electrons. The van der Waals surface area contributed by atoms with Crippen molar-refractivity contribution in [2.75, 3.05) is 5.43 Å². The average molecular weight is 388 g/mol. The van der Waals surface area contributed by atoms with Crippen LogP contribution in [0, 0.1) is 5.82 Å². The summed E-state index contributed by atoms with van der Waals surface area (Å²) in [4.78, 5) is 0.